The van der Waals surface area contributed by atoms with Gasteiger partial charge in [0, 0.05) is 12.7 Å². The topological polar surface area (TPSA) is 91.3 Å². The minimum absolute atomic E-state index is 0.0849. The number of aromatic nitrogens is 1. The first-order valence-corrected chi connectivity index (χ1v) is 6.04. The number of carbonyl (C=O) groups excluding carboxylic acids is 1. The number of hydrogen-bond acceptors (Lipinski definition) is 3. The minimum Gasteiger partial charge on any atom is -0.476 e. The Morgan fingerprint density at radius 3 is 2.76 bits per heavy atom. The first-order chi connectivity index (χ1) is 10.1. The van der Waals surface area contributed by atoms with Crippen LogP contribution in [0.15, 0.2) is 42.6 Å². The van der Waals surface area contributed by atoms with E-state index in [4.69, 9.17) is 5.11 Å². The Hall–Kier alpha value is -2.96. The molecule has 1 aromatic heterocycles. The maximum Gasteiger partial charge on any atom is 0.356 e. The summed E-state index contributed by atoms with van der Waals surface area (Å²) in [5, 5.41) is 13.8. The molecule has 0 spiro atoms. The van der Waals surface area contributed by atoms with Crippen molar-refractivity contribution in [1.29, 1.82) is 0 Å². The molecule has 0 aliphatic heterocycles. The molecule has 2 rings (SSSR count). The van der Waals surface area contributed by atoms with Gasteiger partial charge in [-0.1, -0.05) is 12.1 Å². The molecule has 1 aromatic carbocycles. The van der Waals surface area contributed by atoms with E-state index < -0.39 is 17.8 Å². The third-order valence-electron chi connectivity index (χ3n) is 2.60. The number of pyridine rings is 1. The molecular weight excluding hydrogens is 277 g/mol. The van der Waals surface area contributed by atoms with Crippen LogP contribution in [-0.4, -0.2) is 22.1 Å². The van der Waals surface area contributed by atoms with Gasteiger partial charge in [-0.25, -0.2) is 19.0 Å². The van der Waals surface area contributed by atoms with Gasteiger partial charge in [0.2, 0.25) is 0 Å². The molecule has 0 saturated heterocycles. The van der Waals surface area contributed by atoms with Crippen molar-refractivity contribution >= 4 is 17.7 Å². The Kier molecular flexibility index (Phi) is 4.45. The Labute approximate surface area is 119 Å². The minimum atomic E-state index is -1.24. The van der Waals surface area contributed by atoms with Crippen LogP contribution < -0.4 is 10.6 Å². The number of urea groups is 1. The molecule has 21 heavy (non-hydrogen) atoms. The van der Waals surface area contributed by atoms with Gasteiger partial charge in [0.25, 0.3) is 0 Å². The number of hydrogen-bond donors (Lipinski definition) is 3. The summed E-state index contributed by atoms with van der Waals surface area (Å²) in [6.07, 6.45) is 1.32. The third-order valence-corrected chi connectivity index (χ3v) is 2.60. The van der Waals surface area contributed by atoms with E-state index in [1.807, 2.05) is 0 Å². The predicted molar refractivity (Wildman–Crippen MR) is 73.5 cm³/mol. The van der Waals surface area contributed by atoms with Crippen molar-refractivity contribution in [2.75, 3.05) is 5.32 Å². The Balaban J connectivity index is 1.98. The number of halogens is 1. The second-order valence-corrected chi connectivity index (χ2v) is 4.14. The van der Waals surface area contributed by atoms with Gasteiger partial charge in [0.15, 0.2) is 5.69 Å². The van der Waals surface area contributed by atoms with Gasteiger partial charge in [0.05, 0.1) is 5.69 Å². The number of anilines is 1. The molecule has 7 heteroatoms. The molecule has 0 saturated carbocycles. The summed E-state index contributed by atoms with van der Waals surface area (Å²) in [6, 6.07) is 8.14. The largest absolute Gasteiger partial charge is 0.476 e. The number of rotatable bonds is 4. The van der Waals surface area contributed by atoms with Crippen LogP contribution in [-0.2, 0) is 6.54 Å². The number of aromatic carboxylic acids is 1. The van der Waals surface area contributed by atoms with Crippen LogP contribution in [0.25, 0.3) is 0 Å². The molecule has 0 unspecified atom stereocenters. The fourth-order valence-corrected chi connectivity index (χ4v) is 1.67. The summed E-state index contributed by atoms with van der Waals surface area (Å²) in [4.78, 5) is 26.3. The van der Waals surface area contributed by atoms with Crippen LogP contribution in [0.3, 0.4) is 0 Å². The van der Waals surface area contributed by atoms with Crippen LogP contribution >= 0.6 is 0 Å². The number of amides is 2. The van der Waals surface area contributed by atoms with Crippen molar-refractivity contribution in [1.82, 2.24) is 10.3 Å². The molecular formula is C14H12FN3O3. The van der Waals surface area contributed by atoms with Crippen molar-refractivity contribution in [3.05, 3.63) is 59.7 Å². The van der Waals surface area contributed by atoms with Crippen molar-refractivity contribution in [3.8, 4) is 0 Å². The number of benzene rings is 1. The van der Waals surface area contributed by atoms with Gasteiger partial charge >= 0.3 is 12.0 Å². The van der Waals surface area contributed by atoms with Gasteiger partial charge in [-0.05, 0) is 29.8 Å². The molecule has 0 radical (unpaired) electrons. The number of nitrogens with zero attached hydrogens (tertiary/aromatic N) is 1. The lowest BCUT2D eigenvalue weighted by molar-refractivity contribution is 0.0691. The highest BCUT2D eigenvalue weighted by Gasteiger charge is 2.13. The molecule has 2 aromatic rings. The van der Waals surface area contributed by atoms with Gasteiger partial charge in [-0.3, -0.25) is 0 Å². The molecule has 0 bridgehead atoms. The summed E-state index contributed by atoms with van der Waals surface area (Å²) >= 11 is 0. The zero-order valence-electron chi connectivity index (χ0n) is 10.8. The Morgan fingerprint density at radius 2 is 2.05 bits per heavy atom. The number of carboxylic acids is 1. The average molecular weight is 289 g/mol. The highest BCUT2D eigenvalue weighted by Crippen LogP contribution is 2.11. The van der Waals surface area contributed by atoms with Gasteiger partial charge in [0.1, 0.15) is 5.82 Å². The first-order valence-electron chi connectivity index (χ1n) is 6.04. The standard InChI is InChI=1S/C14H12FN3O3/c15-10-4-1-3-9(7-10)8-17-14(21)18-11-5-2-6-16-12(11)13(19)20/h1-7H,8H2,(H,19,20)(H2,17,18,21). The van der Waals surface area contributed by atoms with E-state index in [0.29, 0.717) is 5.56 Å². The maximum absolute atomic E-state index is 13.0. The number of carbonyl (C=O) groups is 2. The number of carboxylic acid groups (broad SMARTS) is 1. The second-order valence-electron chi connectivity index (χ2n) is 4.14. The Morgan fingerprint density at radius 1 is 1.24 bits per heavy atom. The van der Waals surface area contributed by atoms with Gasteiger partial charge in [-0.15, -0.1) is 0 Å². The van der Waals surface area contributed by atoms with Crippen LogP contribution in [0.2, 0.25) is 0 Å². The zero-order chi connectivity index (χ0) is 15.2. The first kappa shape index (κ1) is 14.4. The van der Waals surface area contributed by atoms with E-state index >= 15 is 0 Å². The summed E-state index contributed by atoms with van der Waals surface area (Å²) in [6.45, 7) is 0.117. The van der Waals surface area contributed by atoms with Crippen LogP contribution in [0.5, 0.6) is 0 Å². The van der Waals surface area contributed by atoms with Crippen molar-refractivity contribution in [2.24, 2.45) is 0 Å². The maximum atomic E-state index is 13.0. The molecule has 0 aliphatic rings. The summed E-state index contributed by atoms with van der Waals surface area (Å²) in [5.74, 6) is -1.63. The van der Waals surface area contributed by atoms with E-state index in [0.717, 1.165) is 0 Å². The molecule has 0 atom stereocenters. The molecule has 2 amide bonds. The molecule has 0 fully saturated rings. The van der Waals surface area contributed by atoms with Crippen LogP contribution in [0, 0.1) is 5.82 Å². The lowest BCUT2D eigenvalue weighted by Crippen LogP contribution is -2.29. The second kappa shape index (κ2) is 6.47. The molecule has 1 heterocycles. The van der Waals surface area contributed by atoms with Crippen LogP contribution in [0.1, 0.15) is 16.1 Å². The van der Waals surface area contributed by atoms with Gasteiger partial charge in [-0.2, -0.15) is 0 Å². The normalized spacial score (nSPS) is 9.95. The molecule has 3 N–H and O–H groups in total. The molecule has 0 aliphatic carbocycles. The quantitative estimate of drug-likeness (QED) is 0.805. The highest BCUT2D eigenvalue weighted by molar-refractivity contribution is 5.98. The summed E-state index contributed by atoms with van der Waals surface area (Å²) < 4.78 is 13.0. The van der Waals surface area contributed by atoms with Crippen molar-refractivity contribution in [2.45, 2.75) is 6.54 Å². The van der Waals surface area contributed by atoms with E-state index in [1.54, 1.807) is 6.07 Å². The van der Waals surface area contributed by atoms with Crippen molar-refractivity contribution in [3.63, 3.8) is 0 Å². The summed E-state index contributed by atoms with van der Waals surface area (Å²) in [5.41, 5.74) is 0.426. The van der Waals surface area contributed by atoms with E-state index in [9.17, 15) is 14.0 Å². The van der Waals surface area contributed by atoms with E-state index in [1.165, 1.54) is 36.5 Å². The SMILES string of the molecule is O=C(NCc1cccc(F)c1)Nc1cccnc1C(=O)O. The molecule has 6 nitrogen and oxygen atoms in total. The lowest BCUT2D eigenvalue weighted by Gasteiger charge is -2.09. The highest BCUT2D eigenvalue weighted by atomic mass is 19.1. The van der Waals surface area contributed by atoms with Crippen molar-refractivity contribution < 1.29 is 19.1 Å². The third kappa shape index (κ3) is 4.00. The number of nitrogens with one attached hydrogen (secondary N) is 2. The smallest absolute Gasteiger partial charge is 0.356 e. The average Bonchev–Trinajstić information content (AvgIpc) is 2.45. The zero-order valence-corrected chi connectivity index (χ0v) is 10.8. The predicted octanol–water partition coefficient (Wildman–Crippen LogP) is 2.24. The fraction of sp³-hybridized carbons (Fsp3) is 0.0714. The van der Waals surface area contributed by atoms with E-state index in [2.05, 4.69) is 15.6 Å². The Bertz CT molecular complexity index is 676. The van der Waals surface area contributed by atoms with E-state index in [-0.39, 0.29) is 17.9 Å². The van der Waals surface area contributed by atoms with Crippen LogP contribution in [0.4, 0.5) is 14.9 Å². The van der Waals surface area contributed by atoms with Gasteiger partial charge < -0.3 is 15.7 Å². The lowest BCUT2D eigenvalue weighted by atomic mass is 10.2. The summed E-state index contributed by atoms with van der Waals surface area (Å²) in [7, 11) is 0. The fourth-order valence-electron chi connectivity index (χ4n) is 1.67. The monoisotopic (exact) mass is 289 g/mol. The molecule has 108 valence electrons.